The van der Waals surface area contributed by atoms with Crippen molar-refractivity contribution in [3.8, 4) is 0 Å². The first-order valence-electron chi connectivity index (χ1n) is 6.25. The van der Waals surface area contributed by atoms with Crippen molar-refractivity contribution in [2.45, 2.75) is 46.6 Å². The van der Waals surface area contributed by atoms with Crippen LogP contribution in [0.3, 0.4) is 0 Å². The van der Waals surface area contributed by atoms with Crippen LogP contribution >= 0.6 is 0 Å². The first-order chi connectivity index (χ1) is 7.49. The summed E-state index contributed by atoms with van der Waals surface area (Å²) in [6.45, 7) is 8.85. The number of nitrogens with zero attached hydrogens (tertiary/aromatic N) is 2. The van der Waals surface area contributed by atoms with Gasteiger partial charge in [-0.1, -0.05) is 13.8 Å². The van der Waals surface area contributed by atoms with Crippen LogP contribution in [0.25, 0.3) is 0 Å². The van der Waals surface area contributed by atoms with Gasteiger partial charge in [0.25, 0.3) is 0 Å². The van der Waals surface area contributed by atoms with Crippen LogP contribution in [0.5, 0.6) is 0 Å². The van der Waals surface area contributed by atoms with Gasteiger partial charge in [0.05, 0.1) is 17.1 Å². The van der Waals surface area contributed by atoms with E-state index in [1.165, 1.54) is 24.2 Å². The number of aromatic nitrogens is 2. The molecule has 0 unspecified atom stereocenters. The fourth-order valence-electron chi connectivity index (χ4n) is 2.51. The Kier molecular flexibility index (Phi) is 2.96. The topological polar surface area (TPSA) is 29.9 Å². The maximum atomic E-state index is 4.43. The third-order valence-corrected chi connectivity index (χ3v) is 3.97. The molecule has 0 aliphatic heterocycles. The zero-order valence-electron chi connectivity index (χ0n) is 11.0. The lowest BCUT2D eigenvalue weighted by atomic mass is 9.73. The van der Waals surface area contributed by atoms with Gasteiger partial charge >= 0.3 is 0 Å². The summed E-state index contributed by atoms with van der Waals surface area (Å²) in [5.74, 6) is 1.74. The molecule has 3 heteroatoms. The molecular weight excluding hydrogens is 198 g/mol. The van der Waals surface area contributed by atoms with Gasteiger partial charge in [-0.05, 0) is 38.5 Å². The van der Waals surface area contributed by atoms with E-state index in [-0.39, 0.29) is 0 Å². The highest BCUT2D eigenvalue weighted by Gasteiger charge is 2.31. The normalized spacial score (nSPS) is 24.6. The number of hydrogen-bond acceptors (Lipinski definition) is 2. The molecule has 1 aromatic rings. The molecule has 0 saturated heterocycles. The highest BCUT2D eigenvalue weighted by atomic mass is 15.3. The summed E-state index contributed by atoms with van der Waals surface area (Å²) in [6, 6.07) is 0.661. The zero-order valence-corrected chi connectivity index (χ0v) is 11.0. The molecule has 0 spiro atoms. The van der Waals surface area contributed by atoms with Gasteiger partial charge in [0.15, 0.2) is 0 Å². The predicted molar refractivity (Wildman–Crippen MR) is 67.7 cm³/mol. The molecule has 90 valence electrons. The Balaban J connectivity index is 1.96. The van der Waals surface area contributed by atoms with E-state index < -0.39 is 0 Å². The van der Waals surface area contributed by atoms with E-state index >= 15 is 0 Å². The Morgan fingerprint density at radius 2 is 1.94 bits per heavy atom. The molecule has 1 N–H and O–H groups in total. The van der Waals surface area contributed by atoms with Gasteiger partial charge in [0, 0.05) is 13.1 Å². The van der Waals surface area contributed by atoms with Crippen molar-refractivity contribution in [3.05, 3.63) is 11.4 Å². The highest BCUT2D eigenvalue weighted by Crippen LogP contribution is 2.36. The van der Waals surface area contributed by atoms with Gasteiger partial charge in [-0.25, -0.2) is 0 Å². The molecule has 3 nitrogen and oxygen atoms in total. The summed E-state index contributed by atoms with van der Waals surface area (Å²) in [5, 5.41) is 8.07. The summed E-state index contributed by atoms with van der Waals surface area (Å²) in [5.41, 5.74) is 3.60. The Bertz CT molecular complexity index is 373. The van der Waals surface area contributed by atoms with Gasteiger partial charge in [0.2, 0.25) is 0 Å². The minimum atomic E-state index is 0.661. The number of anilines is 1. The minimum Gasteiger partial charge on any atom is -0.379 e. The lowest BCUT2D eigenvalue weighted by molar-refractivity contribution is 0.211. The van der Waals surface area contributed by atoms with E-state index in [1.54, 1.807) is 0 Å². The van der Waals surface area contributed by atoms with E-state index in [1.807, 2.05) is 11.7 Å². The van der Waals surface area contributed by atoms with Crippen LogP contribution in [0.2, 0.25) is 0 Å². The fourth-order valence-corrected chi connectivity index (χ4v) is 2.51. The van der Waals surface area contributed by atoms with Gasteiger partial charge in [-0.3, -0.25) is 4.68 Å². The molecule has 1 aromatic heterocycles. The van der Waals surface area contributed by atoms with Crippen molar-refractivity contribution in [1.29, 1.82) is 0 Å². The maximum Gasteiger partial charge on any atom is 0.0827 e. The van der Waals surface area contributed by atoms with Crippen molar-refractivity contribution >= 4 is 5.69 Å². The lowest BCUT2D eigenvalue weighted by Gasteiger charge is -2.39. The van der Waals surface area contributed by atoms with Crippen molar-refractivity contribution in [3.63, 3.8) is 0 Å². The summed E-state index contributed by atoms with van der Waals surface area (Å²) in [6.07, 6.45) is 2.62. The van der Waals surface area contributed by atoms with Gasteiger partial charge < -0.3 is 5.32 Å². The Hall–Kier alpha value is -0.990. The van der Waals surface area contributed by atoms with Gasteiger partial charge in [-0.2, -0.15) is 5.10 Å². The number of aryl methyl sites for hydroxylation is 2. The summed E-state index contributed by atoms with van der Waals surface area (Å²) < 4.78 is 1.95. The molecule has 1 aliphatic carbocycles. The van der Waals surface area contributed by atoms with Crippen LogP contribution < -0.4 is 5.32 Å². The molecular formula is C13H23N3. The smallest absolute Gasteiger partial charge is 0.0827 e. The number of hydrogen-bond donors (Lipinski definition) is 1. The van der Waals surface area contributed by atoms with E-state index in [2.05, 4.69) is 38.1 Å². The maximum absolute atomic E-state index is 4.43. The number of rotatable bonds is 3. The molecule has 1 fully saturated rings. The highest BCUT2D eigenvalue weighted by molar-refractivity contribution is 5.53. The van der Waals surface area contributed by atoms with Crippen molar-refractivity contribution in [1.82, 2.24) is 9.78 Å². The van der Waals surface area contributed by atoms with Crippen LogP contribution in [-0.4, -0.2) is 15.8 Å². The molecule has 1 heterocycles. The molecule has 1 aliphatic rings. The van der Waals surface area contributed by atoms with Gasteiger partial charge in [-0.15, -0.1) is 0 Å². The molecule has 0 bridgehead atoms. The molecule has 0 radical (unpaired) electrons. The van der Waals surface area contributed by atoms with Crippen molar-refractivity contribution in [2.75, 3.05) is 5.32 Å². The third kappa shape index (κ3) is 1.95. The molecule has 1 saturated carbocycles. The van der Waals surface area contributed by atoms with Crippen LogP contribution in [0.15, 0.2) is 0 Å². The SMILES string of the molecule is Cc1nn(C)c(C)c1NC1CC(C(C)C)C1. The lowest BCUT2D eigenvalue weighted by Crippen LogP contribution is -2.38. The van der Waals surface area contributed by atoms with Crippen molar-refractivity contribution < 1.29 is 0 Å². The average molecular weight is 221 g/mol. The summed E-state index contributed by atoms with van der Waals surface area (Å²) in [7, 11) is 2.01. The second-order valence-corrected chi connectivity index (χ2v) is 5.49. The van der Waals surface area contributed by atoms with E-state index in [0.717, 1.165) is 17.5 Å². The molecule has 2 rings (SSSR count). The quantitative estimate of drug-likeness (QED) is 0.850. The Labute approximate surface area is 98.2 Å². The van der Waals surface area contributed by atoms with Crippen LogP contribution in [0, 0.1) is 25.7 Å². The second-order valence-electron chi connectivity index (χ2n) is 5.49. The standard InChI is InChI=1S/C13H23N3/c1-8(2)11-6-12(7-11)14-13-9(3)15-16(5)10(13)4/h8,11-12,14H,6-7H2,1-5H3. The van der Waals surface area contributed by atoms with Crippen LogP contribution in [0.1, 0.15) is 38.1 Å². The van der Waals surface area contributed by atoms with Gasteiger partial charge in [0.1, 0.15) is 0 Å². The molecule has 16 heavy (non-hydrogen) atoms. The molecule has 0 amide bonds. The summed E-state index contributed by atoms with van der Waals surface area (Å²) in [4.78, 5) is 0. The minimum absolute atomic E-state index is 0.661. The summed E-state index contributed by atoms with van der Waals surface area (Å²) >= 11 is 0. The fraction of sp³-hybridized carbons (Fsp3) is 0.769. The number of nitrogens with one attached hydrogen (secondary N) is 1. The third-order valence-electron chi connectivity index (χ3n) is 3.97. The first-order valence-corrected chi connectivity index (χ1v) is 6.25. The predicted octanol–water partition coefficient (Wildman–Crippen LogP) is 2.88. The van der Waals surface area contributed by atoms with E-state index in [4.69, 9.17) is 0 Å². The Morgan fingerprint density at radius 3 is 2.38 bits per heavy atom. The van der Waals surface area contributed by atoms with Crippen LogP contribution in [-0.2, 0) is 7.05 Å². The van der Waals surface area contributed by atoms with Crippen LogP contribution in [0.4, 0.5) is 5.69 Å². The monoisotopic (exact) mass is 221 g/mol. The van der Waals surface area contributed by atoms with Crippen molar-refractivity contribution in [2.24, 2.45) is 18.9 Å². The zero-order chi connectivity index (χ0) is 11.9. The molecule has 0 atom stereocenters. The average Bonchev–Trinajstić information content (AvgIpc) is 2.35. The second kappa shape index (κ2) is 4.11. The largest absolute Gasteiger partial charge is 0.379 e. The first kappa shape index (κ1) is 11.5. The van der Waals surface area contributed by atoms with E-state index in [9.17, 15) is 0 Å². The Morgan fingerprint density at radius 1 is 1.31 bits per heavy atom. The molecule has 0 aromatic carbocycles. The van der Waals surface area contributed by atoms with E-state index in [0.29, 0.717) is 6.04 Å².